The molecule has 2 unspecified atom stereocenters. The lowest BCUT2D eigenvalue weighted by Crippen LogP contribution is -2.27. The van der Waals surface area contributed by atoms with Gasteiger partial charge in [0.05, 0.1) is 11.0 Å². The molecule has 0 saturated heterocycles. The van der Waals surface area contributed by atoms with E-state index in [0.29, 0.717) is 18.4 Å². The van der Waals surface area contributed by atoms with Gasteiger partial charge in [-0.1, -0.05) is 12.8 Å². The van der Waals surface area contributed by atoms with Gasteiger partial charge >= 0.3 is 0 Å². The van der Waals surface area contributed by atoms with Crippen LogP contribution in [-0.4, -0.2) is 16.1 Å². The zero-order chi connectivity index (χ0) is 14.1. The predicted octanol–water partition coefficient (Wildman–Crippen LogP) is 3.43. The van der Waals surface area contributed by atoms with E-state index in [1.807, 2.05) is 6.07 Å². The highest BCUT2D eigenvalue weighted by atomic mass is 19.1. The van der Waals surface area contributed by atoms with Crippen molar-refractivity contribution in [2.75, 3.05) is 6.54 Å². The van der Waals surface area contributed by atoms with Gasteiger partial charge in [-0.15, -0.1) is 0 Å². The summed E-state index contributed by atoms with van der Waals surface area (Å²) in [6, 6.07) is 4.89. The molecule has 2 N–H and O–H groups in total. The fourth-order valence-electron chi connectivity index (χ4n) is 3.57. The maximum atomic E-state index is 13.4. The number of nitrogens with two attached hydrogens (primary N) is 1. The third-order valence-electron chi connectivity index (χ3n) is 4.60. The van der Waals surface area contributed by atoms with Gasteiger partial charge in [0.15, 0.2) is 0 Å². The molecular weight excluding hydrogens is 253 g/mol. The van der Waals surface area contributed by atoms with Crippen molar-refractivity contribution in [2.24, 2.45) is 11.7 Å². The Labute approximate surface area is 119 Å². The third-order valence-corrected chi connectivity index (χ3v) is 4.60. The minimum absolute atomic E-state index is 0.219. The van der Waals surface area contributed by atoms with Crippen LogP contribution < -0.4 is 5.73 Å². The summed E-state index contributed by atoms with van der Waals surface area (Å²) in [5, 5.41) is 0. The second-order valence-corrected chi connectivity index (χ2v) is 5.73. The smallest absolute Gasteiger partial charge is 0.125 e. The van der Waals surface area contributed by atoms with E-state index < -0.39 is 0 Å². The summed E-state index contributed by atoms with van der Waals surface area (Å²) < 4.78 is 15.6. The minimum Gasteiger partial charge on any atom is -0.330 e. The molecule has 0 bridgehead atoms. The minimum atomic E-state index is -0.219. The summed E-state index contributed by atoms with van der Waals surface area (Å²) in [6.45, 7) is 3.70. The normalized spacial score (nSPS) is 23.4. The molecule has 1 saturated carbocycles. The Kier molecular flexibility index (Phi) is 3.74. The van der Waals surface area contributed by atoms with Crippen molar-refractivity contribution in [3.05, 3.63) is 29.8 Å². The van der Waals surface area contributed by atoms with Crippen LogP contribution >= 0.6 is 0 Å². The van der Waals surface area contributed by atoms with E-state index >= 15 is 0 Å². The van der Waals surface area contributed by atoms with Crippen LogP contribution in [0.25, 0.3) is 11.0 Å². The molecule has 3 rings (SSSR count). The maximum absolute atomic E-state index is 13.4. The standard InChI is InChI=1S/C16H22FN3/c1-2-20-15-8-7-12(17)9-14(15)19-16(20)13-6-4-3-5-11(13)10-18/h7-9,11,13H,2-6,10,18H2,1H3. The Balaban J connectivity index is 2.09. The Morgan fingerprint density at radius 1 is 1.35 bits per heavy atom. The Bertz CT molecular complexity index is 605. The summed E-state index contributed by atoms with van der Waals surface area (Å²) in [5.41, 5.74) is 7.74. The fourth-order valence-corrected chi connectivity index (χ4v) is 3.57. The number of aryl methyl sites for hydroxylation is 1. The highest BCUT2D eigenvalue weighted by molar-refractivity contribution is 5.76. The van der Waals surface area contributed by atoms with E-state index in [2.05, 4.69) is 11.5 Å². The van der Waals surface area contributed by atoms with Gasteiger partial charge in [-0.2, -0.15) is 0 Å². The quantitative estimate of drug-likeness (QED) is 0.932. The average molecular weight is 275 g/mol. The summed E-state index contributed by atoms with van der Waals surface area (Å²) in [5.74, 6) is 1.81. The molecule has 4 heteroatoms. The van der Waals surface area contributed by atoms with Gasteiger partial charge in [-0.3, -0.25) is 0 Å². The van der Waals surface area contributed by atoms with Crippen molar-refractivity contribution in [3.8, 4) is 0 Å². The largest absolute Gasteiger partial charge is 0.330 e. The lowest BCUT2D eigenvalue weighted by molar-refractivity contribution is 0.299. The van der Waals surface area contributed by atoms with Gasteiger partial charge in [0.25, 0.3) is 0 Å². The van der Waals surface area contributed by atoms with Gasteiger partial charge in [0.1, 0.15) is 11.6 Å². The third kappa shape index (κ3) is 2.22. The van der Waals surface area contributed by atoms with Gasteiger partial charge in [-0.25, -0.2) is 9.37 Å². The van der Waals surface area contributed by atoms with Crippen LogP contribution in [0.2, 0.25) is 0 Å². The van der Waals surface area contributed by atoms with Gasteiger partial charge in [0.2, 0.25) is 0 Å². The van der Waals surface area contributed by atoms with E-state index in [0.717, 1.165) is 29.8 Å². The first-order valence-electron chi connectivity index (χ1n) is 7.60. The number of hydrogen-bond donors (Lipinski definition) is 1. The van der Waals surface area contributed by atoms with Crippen molar-refractivity contribution < 1.29 is 4.39 Å². The van der Waals surface area contributed by atoms with E-state index in [1.165, 1.54) is 31.4 Å². The number of hydrogen-bond acceptors (Lipinski definition) is 2. The van der Waals surface area contributed by atoms with E-state index in [1.54, 1.807) is 0 Å². The molecule has 20 heavy (non-hydrogen) atoms. The number of rotatable bonds is 3. The second kappa shape index (κ2) is 5.52. The fraction of sp³-hybridized carbons (Fsp3) is 0.562. The molecule has 1 aromatic heterocycles. The zero-order valence-electron chi connectivity index (χ0n) is 12.0. The maximum Gasteiger partial charge on any atom is 0.125 e. The van der Waals surface area contributed by atoms with E-state index in [-0.39, 0.29) is 5.82 Å². The summed E-state index contributed by atoms with van der Waals surface area (Å²) in [7, 11) is 0. The Morgan fingerprint density at radius 3 is 2.90 bits per heavy atom. The first kappa shape index (κ1) is 13.6. The lowest BCUT2D eigenvalue weighted by atomic mass is 9.78. The zero-order valence-corrected chi connectivity index (χ0v) is 12.0. The van der Waals surface area contributed by atoms with Crippen molar-refractivity contribution in [2.45, 2.75) is 45.1 Å². The lowest BCUT2D eigenvalue weighted by Gasteiger charge is -2.30. The van der Waals surface area contributed by atoms with Crippen LogP contribution in [0, 0.1) is 11.7 Å². The molecule has 0 spiro atoms. The van der Waals surface area contributed by atoms with Gasteiger partial charge in [-0.05, 0) is 44.4 Å². The van der Waals surface area contributed by atoms with Crippen molar-refractivity contribution in [1.82, 2.24) is 9.55 Å². The average Bonchev–Trinajstić information content (AvgIpc) is 2.84. The number of nitrogens with zero attached hydrogens (tertiary/aromatic N) is 2. The summed E-state index contributed by atoms with van der Waals surface area (Å²) in [6.07, 6.45) is 4.83. The van der Waals surface area contributed by atoms with Crippen LogP contribution in [0.5, 0.6) is 0 Å². The molecule has 0 radical (unpaired) electrons. The number of benzene rings is 1. The number of halogens is 1. The van der Waals surface area contributed by atoms with Crippen molar-refractivity contribution in [3.63, 3.8) is 0 Å². The molecule has 1 aliphatic rings. The molecule has 1 heterocycles. The van der Waals surface area contributed by atoms with Crippen LogP contribution in [-0.2, 0) is 6.54 Å². The molecule has 108 valence electrons. The topological polar surface area (TPSA) is 43.8 Å². The highest BCUT2D eigenvalue weighted by Crippen LogP contribution is 2.38. The van der Waals surface area contributed by atoms with Crippen molar-refractivity contribution >= 4 is 11.0 Å². The first-order chi connectivity index (χ1) is 9.74. The molecule has 3 nitrogen and oxygen atoms in total. The van der Waals surface area contributed by atoms with E-state index in [9.17, 15) is 4.39 Å². The van der Waals surface area contributed by atoms with Crippen LogP contribution in [0.3, 0.4) is 0 Å². The molecular formula is C16H22FN3. The summed E-state index contributed by atoms with van der Waals surface area (Å²) in [4.78, 5) is 4.73. The second-order valence-electron chi connectivity index (χ2n) is 5.73. The number of aromatic nitrogens is 2. The van der Waals surface area contributed by atoms with Crippen molar-refractivity contribution in [1.29, 1.82) is 0 Å². The summed E-state index contributed by atoms with van der Waals surface area (Å²) >= 11 is 0. The van der Waals surface area contributed by atoms with Gasteiger partial charge < -0.3 is 10.3 Å². The first-order valence-corrected chi connectivity index (χ1v) is 7.60. The molecule has 0 amide bonds. The SMILES string of the molecule is CCn1c(C2CCCCC2CN)nc2cc(F)ccc21. The van der Waals surface area contributed by atoms with Crippen LogP contribution in [0.1, 0.15) is 44.3 Å². The Morgan fingerprint density at radius 2 is 2.15 bits per heavy atom. The molecule has 1 fully saturated rings. The molecule has 2 aromatic rings. The predicted molar refractivity (Wildman–Crippen MR) is 79.1 cm³/mol. The number of fused-ring (bicyclic) bond motifs is 1. The van der Waals surface area contributed by atoms with E-state index in [4.69, 9.17) is 10.7 Å². The van der Waals surface area contributed by atoms with Crippen LogP contribution in [0.15, 0.2) is 18.2 Å². The number of imidazole rings is 1. The molecule has 1 aromatic carbocycles. The Hall–Kier alpha value is -1.42. The molecule has 0 aliphatic heterocycles. The molecule has 2 atom stereocenters. The molecule has 1 aliphatic carbocycles. The van der Waals surface area contributed by atoms with Gasteiger partial charge in [0, 0.05) is 18.5 Å². The van der Waals surface area contributed by atoms with Crippen LogP contribution in [0.4, 0.5) is 4.39 Å². The highest BCUT2D eigenvalue weighted by Gasteiger charge is 2.29. The monoisotopic (exact) mass is 275 g/mol.